The molecule has 104 valence electrons. The Morgan fingerprint density at radius 1 is 1.12 bits per heavy atom. The van der Waals surface area contributed by atoms with E-state index in [0.717, 1.165) is 19.3 Å². The van der Waals surface area contributed by atoms with Gasteiger partial charge in [-0.05, 0) is 18.8 Å². The topological polar surface area (TPSA) is 46.5 Å². The lowest BCUT2D eigenvalue weighted by Gasteiger charge is -2.12. The Morgan fingerprint density at radius 2 is 1.71 bits per heavy atom. The van der Waals surface area contributed by atoms with Crippen LogP contribution in [0.3, 0.4) is 0 Å². The van der Waals surface area contributed by atoms with Crippen molar-refractivity contribution in [2.45, 2.75) is 65.7 Å². The van der Waals surface area contributed by atoms with E-state index in [9.17, 15) is 9.46 Å². The molecule has 4 heteroatoms. The standard InChI is InChI=1S/C13H29O3P/c1-4-5-6-7-8-9-12-17(14,15)16-11-10-13(2)3/h13H,4-12H2,1-3H3,(H,14,15). The Morgan fingerprint density at radius 3 is 2.29 bits per heavy atom. The molecule has 0 aromatic heterocycles. The minimum Gasteiger partial charge on any atom is -0.324 e. The number of hydrogen-bond acceptors (Lipinski definition) is 2. The molecule has 0 saturated carbocycles. The molecule has 0 radical (unpaired) electrons. The Bertz CT molecular complexity index is 217. The van der Waals surface area contributed by atoms with Crippen molar-refractivity contribution in [2.75, 3.05) is 12.8 Å². The molecular formula is C13H29O3P. The second-order valence-electron chi connectivity index (χ2n) is 5.14. The smallest absolute Gasteiger partial charge is 0.324 e. The minimum atomic E-state index is -3.30. The molecule has 0 aliphatic heterocycles. The van der Waals surface area contributed by atoms with E-state index < -0.39 is 7.60 Å². The van der Waals surface area contributed by atoms with Crippen molar-refractivity contribution in [3.05, 3.63) is 0 Å². The van der Waals surface area contributed by atoms with Crippen LogP contribution >= 0.6 is 7.60 Å². The molecule has 0 aliphatic carbocycles. The van der Waals surface area contributed by atoms with Crippen LogP contribution < -0.4 is 0 Å². The lowest BCUT2D eigenvalue weighted by molar-refractivity contribution is 0.243. The molecule has 0 heterocycles. The molecule has 1 atom stereocenters. The van der Waals surface area contributed by atoms with Crippen LogP contribution in [0.2, 0.25) is 0 Å². The predicted octanol–water partition coefficient (Wildman–Crippen LogP) is 4.60. The highest BCUT2D eigenvalue weighted by atomic mass is 31.2. The average Bonchev–Trinajstić information content (AvgIpc) is 2.22. The van der Waals surface area contributed by atoms with Gasteiger partial charge in [0, 0.05) is 6.16 Å². The molecule has 0 fully saturated rings. The van der Waals surface area contributed by atoms with E-state index in [4.69, 9.17) is 4.52 Å². The first-order valence-electron chi connectivity index (χ1n) is 6.94. The van der Waals surface area contributed by atoms with Gasteiger partial charge >= 0.3 is 7.60 Å². The molecule has 0 rings (SSSR count). The van der Waals surface area contributed by atoms with Crippen LogP contribution in [0.1, 0.15) is 65.7 Å². The highest BCUT2D eigenvalue weighted by Gasteiger charge is 2.18. The molecule has 3 nitrogen and oxygen atoms in total. The third-order valence-corrected chi connectivity index (χ3v) is 4.25. The molecule has 0 saturated heterocycles. The second kappa shape index (κ2) is 10.1. The van der Waals surface area contributed by atoms with E-state index in [1.54, 1.807) is 0 Å². The van der Waals surface area contributed by atoms with Gasteiger partial charge in [0.1, 0.15) is 0 Å². The van der Waals surface area contributed by atoms with E-state index in [-0.39, 0.29) is 0 Å². The van der Waals surface area contributed by atoms with Gasteiger partial charge in [-0.15, -0.1) is 0 Å². The molecule has 1 unspecified atom stereocenters. The van der Waals surface area contributed by atoms with Crippen LogP contribution in [0.4, 0.5) is 0 Å². The first-order valence-corrected chi connectivity index (χ1v) is 8.70. The molecule has 1 N–H and O–H groups in total. The van der Waals surface area contributed by atoms with E-state index in [1.165, 1.54) is 25.7 Å². The van der Waals surface area contributed by atoms with E-state index in [0.29, 0.717) is 18.7 Å². The van der Waals surface area contributed by atoms with Gasteiger partial charge < -0.3 is 9.42 Å². The van der Waals surface area contributed by atoms with Crippen LogP contribution in [0.15, 0.2) is 0 Å². The molecule has 0 aromatic rings. The zero-order valence-electron chi connectivity index (χ0n) is 11.7. The van der Waals surface area contributed by atoms with Gasteiger partial charge in [0.25, 0.3) is 0 Å². The molecular weight excluding hydrogens is 235 g/mol. The maximum Gasteiger partial charge on any atom is 0.328 e. The van der Waals surface area contributed by atoms with E-state index in [1.807, 2.05) is 0 Å². The number of rotatable bonds is 11. The third kappa shape index (κ3) is 12.4. The van der Waals surface area contributed by atoms with Crippen molar-refractivity contribution in [1.29, 1.82) is 0 Å². The lowest BCUT2D eigenvalue weighted by atomic mass is 10.1. The zero-order valence-corrected chi connectivity index (χ0v) is 12.5. The van der Waals surface area contributed by atoms with Gasteiger partial charge in [-0.3, -0.25) is 4.57 Å². The van der Waals surface area contributed by atoms with E-state index in [2.05, 4.69) is 20.8 Å². The third-order valence-electron chi connectivity index (χ3n) is 2.78. The summed E-state index contributed by atoms with van der Waals surface area (Å²) in [5, 5.41) is 0. The van der Waals surface area contributed by atoms with Crippen molar-refractivity contribution in [2.24, 2.45) is 5.92 Å². The van der Waals surface area contributed by atoms with Crippen molar-refractivity contribution in [3.63, 3.8) is 0 Å². The minimum absolute atomic E-state index is 0.317. The summed E-state index contributed by atoms with van der Waals surface area (Å²) in [7, 11) is -3.30. The maximum atomic E-state index is 11.6. The summed E-state index contributed by atoms with van der Waals surface area (Å²) in [4.78, 5) is 9.56. The van der Waals surface area contributed by atoms with Gasteiger partial charge in [0.2, 0.25) is 0 Å². The van der Waals surface area contributed by atoms with Gasteiger partial charge in [0.05, 0.1) is 6.61 Å². The highest BCUT2D eigenvalue weighted by molar-refractivity contribution is 7.52. The lowest BCUT2D eigenvalue weighted by Crippen LogP contribution is -2.00. The molecule has 0 bridgehead atoms. The fraction of sp³-hybridized carbons (Fsp3) is 1.00. The van der Waals surface area contributed by atoms with Gasteiger partial charge in [-0.1, -0.05) is 52.9 Å². The Balaban J connectivity index is 3.47. The Kier molecular flexibility index (Phi) is 10.2. The van der Waals surface area contributed by atoms with Gasteiger partial charge in [-0.2, -0.15) is 0 Å². The average molecular weight is 264 g/mol. The monoisotopic (exact) mass is 264 g/mol. The fourth-order valence-corrected chi connectivity index (χ4v) is 2.73. The Labute approximate surface area is 106 Å². The largest absolute Gasteiger partial charge is 0.328 e. The summed E-state index contributed by atoms with van der Waals surface area (Å²) >= 11 is 0. The first kappa shape index (κ1) is 17.2. The van der Waals surface area contributed by atoms with Crippen LogP contribution in [0.5, 0.6) is 0 Å². The van der Waals surface area contributed by atoms with E-state index >= 15 is 0 Å². The number of hydrogen-bond donors (Lipinski definition) is 1. The summed E-state index contributed by atoms with van der Waals surface area (Å²) in [6.45, 7) is 6.75. The molecule has 0 aromatic carbocycles. The summed E-state index contributed by atoms with van der Waals surface area (Å²) in [5.41, 5.74) is 0. The highest BCUT2D eigenvalue weighted by Crippen LogP contribution is 2.43. The fourth-order valence-electron chi connectivity index (χ4n) is 1.59. The van der Waals surface area contributed by atoms with Crippen molar-refractivity contribution >= 4 is 7.60 Å². The molecule has 0 amide bonds. The van der Waals surface area contributed by atoms with Crippen LogP contribution in [0, 0.1) is 5.92 Å². The van der Waals surface area contributed by atoms with Gasteiger partial charge in [-0.25, -0.2) is 0 Å². The Hall–Kier alpha value is 0.150. The number of unbranched alkanes of at least 4 members (excludes halogenated alkanes) is 5. The summed E-state index contributed by atoms with van der Waals surface area (Å²) in [6, 6.07) is 0. The SMILES string of the molecule is CCCCCCCCP(=O)(O)OCCC(C)C. The van der Waals surface area contributed by atoms with Gasteiger partial charge in [0.15, 0.2) is 0 Å². The van der Waals surface area contributed by atoms with Crippen molar-refractivity contribution in [1.82, 2.24) is 0 Å². The zero-order chi connectivity index (χ0) is 13.1. The summed E-state index contributed by atoms with van der Waals surface area (Å²) in [6.07, 6.45) is 7.91. The quantitative estimate of drug-likeness (QED) is 0.438. The molecule has 0 spiro atoms. The van der Waals surface area contributed by atoms with Crippen LogP contribution in [-0.2, 0) is 9.09 Å². The first-order chi connectivity index (χ1) is 7.98. The predicted molar refractivity (Wildman–Crippen MR) is 73.5 cm³/mol. The van der Waals surface area contributed by atoms with Crippen molar-refractivity contribution in [3.8, 4) is 0 Å². The second-order valence-corrected chi connectivity index (χ2v) is 7.12. The summed E-state index contributed by atoms with van der Waals surface area (Å²) in [5.74, 6) is 0.518. The van der Waals surface area contributed by atoms with Crippen molar-refractivity contribution < 1.29 is 14.0 Å². The van der Waals surface area contributed by atoms with Crippen LogP contribution in [0.25, 0.3) is 0 Å². The molecule has 17 heavy (non-hydrogen) atoms. The molecule has 0 aliphatic rings. The summed E-state index contributed by atoms with van der Waals surface area (Å²) < 4.78 is 16.7. The normalized spacial score (nSPS) is 15.1. The maximum absolute atomic E-state index is 11.6. The van der Waals surface area contributed by atoms with Crippen LogP contribution in [-0.4, -0.2) is 17.7 Å².